The second-order valence-electron chi connectivity index (χ2n) is 7.47. The first-order valence-corrected chi connectivity index (χ1v) is 11.5. The fourth-order valence-electron chi connectivity index (χ4n) is 3.46. The lowest BCUT2D eigenvalue weighted by molar-refractivity contribution is 0.0697. The molecule has 0 aliphatic rings. The van der Waals surface area contributed by atoms with Crippen molar-refractivity contribution in [1.82, 2.24) is 9.55 Å². The molecule has 31 heavy (non-hydrogen) atoms. The molecule has 0 saturated carbocycles. The first-order chi connectivity index (χ1) is 14.7. The van der Waals surface area contributed by atoms with E-state index < -0.39 is 16.0 Å². The zero-order valence-corrected chi connectivity index (χ0v) is 17.8. The normalized spacial score (nSPS) is 11.5. The molecule has 0 atom stereocenters. The zero-order valence-electron chi connectivity index (χ0n) is 17.0. The molecular formula is C23H21N3O4S. The molecule has 0 unspecified atom stereocenters. The van der Waals surface area contributed by atoms with Crippen LogP contribution in [0.2, 0.25) is 0 Å². The van der Waals surface area contributed by atoms with Gasteiger partial charge in [0.25, 0.3) is 0 Å². The number of rotatable bonds is 6. The molecule has 0 radical (unpaired) electrons. The van der Waals surface area contributed by atoms with Crippen molar-refractivity contribution in [3.8, 4) is 11.4 Å². The van der Waals surface area contributed by atoms with Crippen molar-refractivity contribution in [3.05, 3.63) is 83.4 Å². The van der Waals surface area contributed by atoms with E-state index in [-0.39, 0.29) is 5.56 Å². The number of aryl methyl sites for hydroxylation is 1. The molecule has 4 rings (SSSR count). The third-order valence-corrected chi connectivity index (χ3v) is 5.49. The Morgan fingerprint density at radius 1 is 1.06 bits per heavy atom. The lowest BCUT2D eigenvalue weighted by Gasteiger charge is -2.11. The second-order valence-corrected chi connectivity index (χ2v) is 9.22. The average molecular weight is 436 g/mol. The molecule has 0 spiro atoms. The Bertz CT molecular complexity index is 1390. The predicted octanol–water partition coefficient (Wildman–Crippen LogP) is 4.13. The number of fused-ring (bicyclic) bond motifs is 1. The predicted molar refractivity (Wildman–Crippen MR) is 121 cm³/mol. The van der Waals surface area contributed by atoms with Gasteiger partial charge in [0, 0.05) is 17.8 Å². The highest BCUT2D eigenvalue weighted by Gasteiger charge is 2.16. The summed E-state index contributed by atoms with van der Waals surface area (Å²) < 4.78 is 27.8. The van der Waals surface area contributed by atoms with Crippen molar-refractivity contribution in [2.24, 2.45) is 0 Å². The van der Waals surface area contributed by atoms with E-state index in [1.807, 2.05) is 41.8 Å². The Hall–Kier alpha value is -3.65. The Morgan fingerprint density at radius 3 is 2.48 bits per heavy atom. The zero-order chi connectivity index (χ0) is 22.2. The molecule has 2 N–H and O–H groups in total. The van der Waals surface area contributed by atoms with Gasteiger partial charge in [-0.25, -0.2) is 18.2 Å². The van der Waals surface area contributed by atoms with Crippen LogP contribution in [0.15, 0.2) is 66.7 Å². The number of carboxylic acid groups (broad SMARTS) is 1. The van der Waals surface area contributed by atoms with Crippen molar-refractivity contribution in [1.29, 1.82) is 0 Å². The maximum Gasteiger partial charge on any atom is 0.335 e. The van der Waals surface area contributed by atoms with E-state index in [0.717, 1.165) is 22.9 Å². The summed E-state index contributed by atoms with van der Waals surface area (Å²) in [6.45, 7) is 2.55. The van der Waals surface area contributed by atoms with Crippen LogP contribution in [0.4, 0.5) is 5.69 Å². The third-order valence-electron chi connectivity index (χ3n) is 4.88. The van der Waals surface area contributed by atoms with E-state index in [9.17, 15) is 18.3 Å². The number of carboxylic acids is 1. The number of nitrogens with zero attached hydrogens (tertiary/aromatic N) is 2. The Kier molecular flexibility index (Phi) is 5.24. The molecule has 1 heterocycles. The van der Waals surface area contributed by atoms with Gasteiger partial charge in [-0.1, -0.05) is 42.0 Å². The summed E-state index contributed by atoms with van der Waals surface area (Å²) in [6, 6.07) is 20.0. The van der Waals surface area contributed by atoms with Crippen LogP contribution in [-0.4, -0.2) is 35.3 Å². The second kappa shape index (κ2) is 7.88. The lowest BCUT2D eigenvalue weighted by Crippen LogP contribution is -2.09. The van der Waals surface area contributed by atoms with Crippen LogP contribution in [0.25, 0.3) is 22.4 Å². The van der Waals surface area contributed by atoms with Crippen molar-refractivity contribution in [2.75, 3.05) is 11.0 Å². The molecule has 3 aromatic carbocycles. The fraction of sp³-hybridized carbons (Fsp3) is 0.130. The number of carbonyl (C=O) groups is 1. The van der Waals surface area contributed by atoms with Gasteiger partial charge in [-0.15, -0.1) is 0 Å². The molecule has 0 aliphatic carbocycles. The number of hydrogen-bond donors (Lipinski definition) is 2. The molecule has 7 nitrogen and oxygen atoms in total. The number of aromatic nitrogens is 2. The summed E-state index contributed by atoms with van der Waals surface area (Å²) in [5.41, 5.74) is 4.88. The number of benzene rings is 3. The Labute approximate surface area is 180 Å². The summed E-state index contributed by atoms with van der Waals surface area (Å²) >= 11 is 0. The fourth-order valence-corrected chi connectivity index (χ4v) is 4.01. The number of hydrogen-bond acceptors (Lipinski definition) is 4. The van der Waals surface area contributed by atoms with E-state index in [2.05, 4.69) is 4.72 Å². The summed E-state index contributed by atoms with van der Waals surface area (Å²) in [4.78, 5) is 16.1. The van der Waals surface area contributed by atoms with Crippen molar-refractivity contribution in [2.45, 2.75) is 13.5 Å². The summed E-state index contributed by atoms with van der Waals surface area (Å²) in [7, 11) is -3.42. The average Bonchev–Trinajstić information content (AvgIpc) is 3.06. The van der Waals surface area contributed by atoms with E-state index in [1.165, 1.54) is 0 Å². The van der Waals surface area contributed by atoms with Gasteiger partial charge in [0.1, 0.15) is 5.82 Å². The van der Waals surface area contributed by atoms with Gasteiger partial charge in [0.15, 0.2) is 0 Å². The molecule has 0 amide bonds. The van der Waals surface area contributed by atoms with E-state index in [1.54, 1.807) is 36.4 Å². The van der Waals surface area contributed by atoms with Crippen LogP contribution in [0.3, 0.4) is 0 Å². The van der Waals surface area contributed by atoms with Crippen molar-refractivity contribution in [3.63, 3.8) is 0 Å². The van der Waals surface area contributed by atoms with Crippen LogP contribution in [0, 0.1) is 6.92 Å². The van der Waals surface area contributed by atoms with E-state index >= 15 is 0 Å². The maximum absolute atomic E-state index is 11.6. The lowest BCUT2D eigenvalue weighted by atomic mass is 10.1. The van der Waals surface area contributed by atoms with Crippen LogP contribution < -0.4 is 4.72 Å². The number of nitrogens with one attached hydrogen (secondary N) is 1. The molecule has 0 saturated heterocycles. The van der Waals surface area contributed by atoms with Gasteiger partial charge >= 0.3 is 5.97 Å². The van der Waals surface area contributed by atoms with E-state index in [4.69, 9.17) is 4.98 Å². The molecule has 0 fully saturated rings. The van der Waals surface area contributed by atoms with Gasteiger partial charge in [-0.3, -0.25) is 4.72 Å². The molecule has 1 aromatic heterocycles. The standard InChI is InChI=1S/C23H21N3O4S/c1-15-6-8-16(9-7-15)14-26-21-11-10-18(23(27)28)13-20(21)24-22(26)17-4-3-5-19(12-17)25-31(2,29)30/h3-13,25H,14H2,1-2H3,(H,27,28). The SMILES string of the molecule is Cc1ccc(Cn2c(-c3cccc(NS(C)(=O)=O)c3)nc3cc(C(=O)O)ccc32)cc1. The summed E-state index contributed by atoms with van der Waals surface area (Å²) in [6.07, 6.45) is 1.10. The minimum Gasteiger partial charge on any atom is -0.478 e. The largest absolute Gasteiger partial charge is 0.478 e. The van der Waals surface area contributed by atoms with Gasteiger partial charge in [-0.05, 0) is 42.8 Å². The van der Waals surface area contributed by atoms with Gasteiger partial charge in [-0.2, -0.15) is 0 Å². The topological polar surface area (TPSA) is 101 Å². The smallest absolute Gasteiger partial charge is 0.335 e. The molecular weight excluding hydrogens is 414 g/mol. The maximum atomic E-state index is 11.6. The molecule has 158 valence electrons. The number of sulfonamides is 1. The molecule has 0 bridgehead atoms. The monoisotopic (exact) mass is 435 g/mol. The third kappa shape index (κ3) is 4.59. The van der Waals surface area contributed by atoms with Crippen LogP contribution in [0.5, 0.6) is 0 Å². The van der Waals surface area contributed by atoms with Crippen molar-refractivity contribution < 1.29 is 18.3 Å². The van der Waals surface area contributed by atoms with Gasteiger partial charge in [0.05, 0.1) is 22.9 Å². The Balaban J connectivity index is 1.87. The van der Waals surface area contributed by atoms with Crippen LogP contribution in [-0.2, 0) is 16.6 Å². The first-order valence-electron chi connectivity index (χ1n) is 9.57. The number of aromatic carboxylic acids is 1. The number of imidazole rings is 1. The first kappa shape index (κ1) is 20.6. The van der Waals surface area contributed by atoms with Crippen LogP contribution >= 0.6 is 0 Å². The van der Waals surface area contributed by atoms with Gasteiger partial charge in [0.2, 0.25) is 10.0 Å². The molecule has 4 aromatic rings. The highest BCUT2D eigenvalue weighted by Crippen LogP contribution is 2.28. The Morgan fingerprint density at radius 2 is 1.81 bits per heavy atom. The van der Waals surface area contributed by atoms with Crippen molar-refractivity contribution >= 4 is 32.7 Å². The van der Waals surface area contributed by atoms with E-state index in [0.29, 0.717) is 29.1 Å². The van der Waals surface area contributed by atoms with Gasteiger partial charge < -0.3 is 9.67 Å². The van der Waals surface area contributed by atoms with Crippen LogP contribution in [0.1, 0.15) is 21.5 Å². The summed E-state index contributed by atoms with van der Waals surface area (Å²) in [5, 5.41) is 9.34. The summed E-state index contributed by atoms with van der Waals surface area (Å²) in [5.74, 6) is -0.397. The minimum atomic E-state index is -3.42. The molecule has 0 aliphatic heterocycles. The highest BCUT2D eigenvalue weighted by atomic mass is 32.2. The molecule has 8 heteroatoms. The number of anilines is 1. The minimum absolute atomic E-state index is 0.159. The quantitative estimate of drug-likeness (QED) is 0.474. The highest BCUT2D eigenvalue weighted by molar-refractivity contribution is 7.92.